The first-order chi connectivity index (χ1) is 5.86. The van der Waals surface area contributed by atoms with Crippen molar-refractivity contribution in [3.63, 3.8) is 0 Å². The van der Waals surface area contributed by atoms with E-state index in [0.29, 0.717) is 0 Å². The standard InChI is InChI=1S/C9H9N3.Na.H/c1-7-2-4-8(5-3-7)9-6-10-12-11-9;;/h2-6H,1H3,(H,10,11,12);;/q;+1;-1. The first kappa shape index (κ1) is 10.4. The smallest absolute Gasteiger partial charge is 1.00 e. The molecular weight excluding hydrogens is 173 g/mol. The summed E-state index contributed by atoms with van der Waals surface area (Å²) in [6.45, 7) is 2.06. The molecule has 1 aromatic heterocycles. The van der Waals surface area contributed by atoms with E-state index in [1.165, 1.54) is 5.56 Å². The van der Waals surface area contributed by atoms with Crippen molar-refractivity contribution in [1.82, 2.24) is 15.4 Å². The van der Waals surface area contributed by atoms with Gasteiger partial charge in [-0.05, 0) is 6.92 Å². The average Bonchev–Trinajstić information content (AvgIpc) is 2.58. The van der Waals surface area contributed by atoms with Crippen LogP contribution in [0.15, 0.2) is 30.5 Å². The number of nitrogens with one attached hydrogen (secondary N) is 1. The minimum atomic E-state index is 0. The first-order valence-corrected chi connectivity index (χ1v) is 3.79. The van der Waals surface area contributed by atoms with Crippen molar-refractivity contribution in [1.29, 1.82) is 0 Å². The molecule has 0 amide bonds. The fraction of sp³-hybridized carbons (Fsp3) is 0.111. The fourth-order valence-electron chi connectivity index (χ4n) is 1.07. The Morgan fingerprint density at radius 3 is 2.46 bits per heavy atom. The normalized spacial score (nSPS) is 9.31. The summed E-state index contributed by atoms with van der Waals surface area (Å²) in [5.41, 5.74) is 3.23. The second-order valence-corrected chi connectivity index (χ2v) is 2.72. The second-order valence-electron chi connectivity index (χ2n) is 2.72. The average molecular weight is 183 g/mol. The maximum Gasteiger partial charge on any atom is 1.00 e. The second kappa shape index (κ2) is 4.56. The quantitative estimate of drug-likeness (QED) is 0.570. The van der Waals surface area contributed by atoms with Crippen LogP contribution in [0.4, 0.5) is 0 Å². The molecule has 0 aliphatic heterocycles. The largest absolute Gasteiger partial charge is 1.00 e. The van der Waals surface area contributed by atoms with Crippen molar-refractivity contribution >= 4 is 0 Å². The molecule has 1 N–H and O–H groups in total. The van der Waals surface area contributed by atoms with E-state index < -0.39 is 0 Å². The number of aryl methyl sites for hydroxylation is 1. The molecule has 0 radical (unpaired) electrons. The number of H-pyrrole nitrogens is 1. The maximum atomic E-state index is 3.98. The summed E-state index contributed by atoms with van der Waals surface area (Å²) < 4.78 is 0. The molecule has 0 aliphatic carbocycles. The molecule has 0 unspecified atom stereocenters. The number of hydrogen-bond acceptors (Lipinski definition) is 2. The van der Waals surface area contributed by atoms with E-state index in [4.69, 9.17) is 0 Å². The van der Waals surface area contributed by atoms with Crippen LogP contribution in [-0.4, -0.2) is 15.4 Å². The van der Waals surface area contributed by atoms with Crippen molar-refractivity contribution in [2.45, 2.75) is 6.92 Å². The van der Waals surface area contributed by atoms with Gasteiger partial charge >= 0.3 is 29.6 Å². The van der Waals surface area contributed by atoms with Crippen LogP contribution >= 0.6 is 0 Å². The first-order valence-electron chi connectivity index (χ1n) is 3.79. The Morgan fingerprint density at radius 2 is 1.92 bits per heavy atom. The Hall–Kier alpha value is -0.640. The molecule has 0 saturated heterocycles. The third-order valence-electron chi connectivity index (χ3n) is 1.76. The molecule has 62 valence electrons. The number of rotatable bonds is 1. The summed E-state index contributed by atoms with van der Waals surface area (Å²) >= 11 is 0. The van der Waals surface area contributed by atoms with Gasteiger partial charge in [0, 0.05) is 5.56 Å². The molecule has 0 saturated carbocycles. The summed E-state index contributed by atoms with van der Waals surface area (Å²) in [7, 11) is 0. The molecule has 3 nitrogen and oxygen atoms in total. The summed E-state index contributed by atoms with van der Waals surface area (Å²) in [6.07, 6.45) is 1.71. The van der Waals surface area contributed by atoms with E-state index in [2.05, 4.69) is 34.5 Å². The molecule has 0 atom stereocenters. The van der Waals surface area contributed by atoms with E-state index in [0.717, 1.165) is 11.3 Å². The Balaban J connectivity index is 0.000000845. The Labute approximate surface area is 100 Å². The number of aromatic nitrogens is 3. The van der Waals surface area contributed by atoms with Crippen LogP contribution in [-0.2, 0) is 0 Å². The zero-order chi connectivity index (χ0) is 8.39. The molecule has 1 heterocycles. The van der Waals surface area contributed by atoms with Crippen LogP contribution < -0.4 is 29.6 Å². The molecule has 0 aliphatic rings. The summed E-state index contributed by atoms with van der Waals surface area (Å²) in [6, 6.07) is 8.19. The van der Waals surface area contributed by atoms with Gasteiger partial charge in [-0.3, -0.25) is 0 Å². The number of nitrogens with zero attached hydrogens (tertiary/aromatic N) is 2. The fourth-order valence-corrected chi connectivity index (χ4v) is 1.07. The summed E-state index contributed by atoms with van der Waals surface area (Å²) in [5.74, 6) is 0. The van der Waals surface area contributed by atoms with Crippen molar-refractivity contribution in [3.8, 4) is 11.3 Å². The van der Waals surface area contributed by atoms with E-state index in [-0.39, 0.29) is 31.0 Å². The van der Waals surface area contributed by atoms with Crippen molar-refractivity contribution in [3.05, 3.63) is 36.0 Å². The van der Waals surface area contributed by atoms with Crippen molar-refractivity contribution in [2.24, 2.45) is 0 Å². The molecule has 4 heteroatoms. The van der Waals surface area contributed by atoms with Gasteiger partial charge in [0.25, 0.3) is 0 Å². The molecular formula is C9H10N3Na. The zero-order valence-corrected chi connectivity index (χ0v) is 9.78. The molecule has 0 spiro atoms. The van der Waals surface area contributed by atoms with Crippen LogP contribution in [0, 0.1) is 6.92 Å². The van der Waals surface area contributed by atoms with Crippen LogP contribution in [0.5, 0.6) is 0 Å². The Bertz CT molecular complexity index is 358. The Morgan fingerprint density at radius 1 is 1.23 bits per heavy atom. The predicted molar refractivity (Wildman–Crippen MR) is 47.7 cm³/mol. The summed E-state index contributed by atoms with van der Waals surface area (Å²) in [5, 5.41) is 10.3. The van der Waals surface area contributed by atoms with Gasteiger partial charge < -0.3 is 1.43 Å². The third-order valence-corrected chi connectivity index (χ3v) is 1.76. The monoisotopic (exact) mass is 183 g/mol. The van der Waals surface area contributed by atoms with Crippen LogP contribution in [0.2, 0.25) is 0 Å². The third kappa shape index (κ3) is 2.40. The van der Waals surface area contributed by atoms with Crippen LogP contribution in [0.25, 0.3) is 11.3 Å². The molecule has 1 aromatic carbocycles. The number of benzene rings is 1. The van der Waals surface area contributed by atoms with Crippen molar-refractivity contribution in [2.75, 3.05) is 0 Å². The number of aromatic amines is 1. The predicted octanol–water partition coefficient (Wildman–Crippen LogP) is -1.10. The van der Waals surface area contributed by atoms with Crippen LogP contribution in [0.3, 0.4) is 0 Å². The minimum absolute atomic E-state index is 0. The minimum Gasteiger partial charge on any atom is -1.00 e. The number of hydrogen-bond donors (Lipinski definition) is 1. The van der Waals surface area contributed by atoms with Gasteiger partial charge in [0.1, 0.15) is 5.69 Å². The molecule has 13 heavy (non-hydrogen) atoms. The molecule has 0 fully saturated rings. The van der Waals surface area contributed by atoms with Crippen LogP contribution in [0.1, 0.15) is 6.99 Å². The van der Waals surface area contributed by atoms with Gasteiger partial charge in [0.15, 0.2) is 0 Å². The topological polar surface area (TPSA) is 41.6 Å². The van der Waals surface area contributed by atoms with Gasteiger partial charge in [-0.15, -0.1) is 0 Å². The van der Waals surface area contributed by atoms with Gasteiger partial charge in [-0.25, -0.2) is 0 Å². The van der Waals surface area contributed by atoms with E-state index in [1.54, 1.807) is 6.20 Å². The molecule has 0 bridgehead atoms. The van der Waals surface area contributed by atoms with Gasteiger partial charge in [0.2, 0.25) is 0 Å². The zero-order valence-electron chi connectivity index (χ0n) is 8.78. The molecule has 2 aromatic rings. The maximum absolute atomic E-state index is 3.98. The van der Waals surface area contributed by atoms with Crippen molar-refractivity contribution < 1.29 is 31.0 Å². The van der Waals surface area contributed by atoms with Gasteiger partial charge in [0.05, 0.1) is 6.20 Å². The molecule has 2 rings (SSSR count). The summed E-state index contributed by atoms with van der Waals surface area (Å²) in [4.78, 5) is 0. The Kier molecular flexibility index (Phi) is 3.66. The van der Waals surface area contributed by atoms with Gasteiger partial charge in [-0.1, -0.05) is 29.8 Å². The van der Waals surface area contributed by atoms with Gasteiger partial charge in [-0.2, -0.15) is 15.4 Å². The van der Waals surface area contributed by atoms with E-state index in [1.807, 2.05) is 12.1 Å². The SMILES string of the molecule is Cc1ccc(-c2cn[nH]n2)cc1.[H-].[Na+]. The van der Waals surface area contributed by atoms with E-state index >= 15 is 0 Å². The van der Waals surface area contributed by atoms with E-state index in [9.17, 15) is 0 Å².